The zero-order valence-corrected chi connectivity index (χ0v) is 7.47. The van der Waals surface area contributed by atoms with E-state index in [9.17, 15) is 9.59 Å². The maximum Gasteiger partial charge on any atom is 0.233 e. The van der Waals surface area contributed by atoms with Gasteiger partial charge in [-0.15, -0.1) is 0 Å². The zero-order valence-electron chi connectivity index (χ0n) is 7.47. The van der Waals surface area contributed by atoms with Crippen LogP contribution in [0, 0.1) is 5.41 Å². The number of rotatable bonds is 0. The molecule has 2 heterocycles. The van der Waals surface area contributed by atoms with Crippen molar-refractivity contribution in [3.63, 3.8) is 0 Å². The largest absolute Gasteiger partial charge is 0.381 e. The first-order chi connectivity index (χ1) is 6.23. The molecule has 4 heteroatoms. The van der Waals surface area contributed by atoms with Crippen LogP contribution in [0.4, 0.5) is 0 Å². The lowest BCUT2D eigenvalue weighted by atomic mass is 9.79. The van der Waals surface area contributed by atoms with Crippen LogP contribution in [0.25, 0.3) is 0 Å². The van der Waals surface area contributed by atoms with Gasteiger partial charge in [-0.25, -0.2) is 0 Å². The van der Waals surface area contributed by atoms with Crippen LogP contribution in [-0.4, -0.2) is 25.0 Å². The van der Waals surface area contributed by atoms with Crippen molar-refractivity contribution in [3.05, 3.63) is 0 Å². The van der Waals surface area contributed by atoms with Crippen molar-refractivity contribution < 1.29 is 14.3 Å². The minimum Gasteiger partial charge on any atom is -0.381 e. The summed E-state index contributed by atoms with van der Waals surface area (Å²) < 4.78 is 5.27. The summed E-state index contributed by atoms with van der Waals surface area (Å²) in [5, 5.41) is 2.37. The van der Waals surface area contributed by atoms with Gasteiger partial charge in [0.25, 0.3) is 0 Å². The van der Waals surface area contributed by atoms with Gasteiger partial charge in [0.05, 0.1) is 5.41 Å². The normalized spacial score (nSPS) is 34.8. The average molecular weight is 183 g/mol. The lowest BCUT2D eigenvalue weighted by molar-refractivity contribution is -0.129. The number of imide groups is 1. The summed E-state index contributed by atoms with van der Waals surface area (Å²) >= 11 is 0. The highest BCUT2D eigenvalue weighted by Gasteiger charge is 2.46. The van der Waals surface area contributed by atoms with Gasteiger partial charge >= 0.3 is 0 Å². The molecular formula is C9H13NO3. The summed E-state index contributed by atoms with van der Waals surface area (Å²) in [4.78, 5) is 22.6. The monoisotopic (exact) mass is 183 g/mol. The van der Waals surface area contributed by atoms with Gasteiger partial charge in [-0.05, 0) is 19.3 Å². The Balaban J connectivity index is 2.17. The van der Waals surface area contributed by atoms with E-state index < -0.39 is 5.41 Å². The highest BCUT2D eigenvalue weighted by Crippen LogP contribution is 2.37. The number of carbonyl (C=O) groups is 2. The minimum absolute atomic E-state index is 0.0944. The first-order valence-corrected chi connectivity index (χ1v) is 4.65. The quantitative estimate of drug-likeness (QED) is 0.546. The van der Waals surface area contributed by atoms with E-state index in [1.54, 1.807) is 0 Å². The second-order valence-corrected chi connectivity index (χ2v) is 3.80. The molecule has 72 valence electrons. The molecule has 4 nitrogen and oxygen atoms in total. The first-order valence-electron chi connectivity index (χ1n) is 4.65. The Labute approximate surface area is 76.6 Å². The number of carbonyl (C=O) groups excluding carboxylic acids is 2. The molecule has 2 fully saturated rings. The van der Waals surface area contributed by atoms with Gasteiger partial charge in [-0.2, -0.15) is 0 Å². The Bertz CT molecular complexity index is 241. The van der Waals surface area contributed by atoms with E-state index in [-0.39, 0.29) is 11.8 Å². The molecule has 0 aromatic heterocycles. The second-order valence-electron chi connectivity index (χ2n) is 3.80. The molecule has 1 unspecified atom stereocenters. The van der Waals surface area contributed by atoms with Gasteiger partial charge in [0.2, 0.25) is 11.8 Å². The second kappa shape index (κ2) is 3.10. The standard InChI is InChI=1S/C9H13NO3/c11-7-6-9(8(12)10-7)2-1-4-13-5-3-9/h1-6H2,(H,10,11,12). The molecule has 2 aliphatic rings. The van der Waals surface area contributed by atoms with Gasteiger partial charge in [0.1, 0.15) is 0 Å². The van der Waals surface area contributed by atoms with Crippen LogP contribution in [0.15, 0.2) is 0 Å². The Morgan fingerprint density at radius 2 is 2.08 bits per heavy atom. The van der Waals surface area contributed by atoms with Gasteiger partial charge in [0, 0.05) is 19.6 Å². The summed E-state index contributed by atoms with van der Waals surface area (Å²) in [6.45, 7) is 1.31. The Kier molecular flexibility index (Phi) is 2.07. The lowest BCUT2D eigenvalue weighted by Gasteiger charge is -2.21. The summed E-state index contributed by atoms with van der Waals surface area (Å²) in [5.41, 5.74) is -0.437. The van der Waals surface area contributed by atoms with Crippen molar-refractivity contribution >= 4 is 11.8 Å². The Morgan fingerprint density at radius 3 is 2.77 bits per heavy atom. The van der Waals surface area contributed by atoms with E-state index in [0.717, 1.165) is 12.8 Å². The van der Waals surface area contributed by atoms with E-state index in [1.165, 1.54) is 0 Å². The SMILES string of the molecule is O=C1CC2(CCCOCC2)C(=O)N1. The van der Waals surface area contributed by atoms with Crippen LogP contribution < -0.4 is 5.32 Å². The number of nitrogens with one attached hydrogen (secondary N) is 1. The van der Waals surface area contributed by atoms with Crippen LogP contribution in [0.3, 0.4) is 0 Å². The van der Waals surface area contributed by atoms with Crippen molar-refractivity contribution in [1.29, 1.82) is 0 Å². The average Bonchev–Trinajstić information content (AvgIpc) is 2.29. The zero-order chi connectivity index (χ0) is 9.31. The van der Waals surface area contributed by atoms with Crippen molar-refractivity contribution in [2.45, 2.75) is 25.7 Å². The number of hydrogen-bond donors (Lipinski definition) is 1. The topological polar surface area (TPSA) is 55.4 Å². The first kappa shape index (κ1) is 8.69. The third-order valence-electron chi connectivity index (χ3n) is 2.90. The van der Waals surface area contributed by atoms with Crippen LogP contribution in [-0.2, 0) is 14.3 Å². The third-order valence-corrected chi connectivity index (χ3v) is 2.90. The molecule has 0 radical (unpaired) electrons. The molecular weight excluding hydrogens is 170 g/mol. The fourth-order valence-corrected chi connectivity index (χ4v) is 2.10. The third kappa shape index (κ3) is 1.46. The molecule has 0 aromatic rings. The molecule has 2 rings (SSSR count). The maximum atomic E-state index is 11.5. The van der Waals surface area contributed by atoms with Crippen LogP contribution in [0.5, 0.6) is 0 Å². The number of hydrogen-bond acceptors (Lipinski definition) is 3. The van der Waals surface area contributed by atoms with Crippen molar-refractivity contribution in [2.24, 2.45) is 5.41 Å². The van der Waals surface area contributed by atoms with E-state index in [0.29, 0.717) is 26.1 Å². The smallest absolute Gasteiger partial charge is 0.233 e. The lowest BCUT2D eigenvalue weighted by Crippen LogP contribution is -2.31. The maximum absolute atomic E-state index is 11.5. The summed E-state index contributed by atoms with van der Waals surface area (Å²) in [6.07, 6.45) is 2.70. The van der Waals surface area contributed by atoms with Gasteiger partial charge in [0.15, 0.2) is 0 Å². The van der Waals surface area contributed by atoms with Gasteiger partial charge < -0.3 is 4.74 Å². The van der Waals surface area contributed by atoms with E-state index in [1.807, 2.05) is 0 Å². The fourth-order valence-electron chi connectivity index (χ4n) is 2.10. The van der Waals surface area contributed by atoms with E-state index in [4.69, 9.17) is 4.74 Å². The van der Waals surface area contributed by atoms with Gasteiger partial charge in [-0.3, -0.25) is 14.9 Å². The predicted octanol–water partition coefficient (Wildman–Crippen LogP) is 0.220. The molecule has 1 atom stereocenters. The molecule has 0 aliphatic carbocycles. The Morgan fingerprint density at radius 1 is 1.23 bits per heavy atom. The molecule has 2 saturated heterocycles. The molecule has 2 amide bonds. The van der Waals surface area contributed by atoms with Crippen LogP contribution >= 0.6 is 0 Å². The number of ether oxygens (including phenoxy) is 1. The van der Waals surface area contributed by atoms with Crippen molar-refractivity contribution in [1.82, 2.24) is 5.32 Å². The minimum atomic E-state index is -0.437. The molecule has 13 heavy (non-hydrogen) atoms. The van der Waals surface area contributed by atoms with Crippen molar-refractivity contribution in [3.8, 4) is 0 Å². The van der Waals surface area contributed by atoms with Crippen LogP contribution in [0.2, 0.25) is 0 Å². The number of amides is 2. The molecule has 0 saturated carbocycles. The van der Waals surface area contributed by atoms with E-state index in [2.05, 4.69) is 5.32 Å². The molecule has 0 bridgehead atoms. The highest BCUT2D eigenvalue weighted by molar-refractivity contribution is 6.05. The fraction of sp³-hybridized carbons (Fsp3) is 0.778. The molecule has 2 aliphatic heterocycles. The molecule has 0 aromatic carbocycles. The van der Waals surface area contributed by atoms with Gasteiger partial charge in [-0.1, -0.05) is 0 Å². The summed E-state index contributed by atoms with van der Waals surface area (Å²) in [5.74, 6) is -0.227. The van der Waals surface area contributed by atoms with Crippen LogP contribution in [0.1, 0.15) is 25.7 Å². The Hall–Kier alpha value is -0.900. The molecule has 1 N–H and O–H groups in total. The van der Waals surface area contributed by atoms with Crippen molar-refractivity contribution in [2.75, 3.05) is 13.2 Å². The molecule has 1 spiro atoms. The van der Waals surface area contributed by atoms with E-state index >= 15 is 0 Å². The predicted molar refractivity (Wildman–Crippen MR) is 44.9 cm³/mol. The summed E-state index contributed by atoms with van der Waals surface area (Å²) in [7, 11) is 0. The summed E-state index contributed by atoms with van der Waals surface area (Å²) in [6, 6.07) is 0. The highest BCUT2D eigenvalue weighted by atomic mass is 16.5.